The number of hydrogen-bond acceptors (Lipinski definition) is 4. The third-order valence-electron chi connectivity index (χ3n) is 5.73. The zero-order valence-electron chi connectivity index (χ0n) is 20.6. The molecule has 2 amide bonds. The third-order valence-corrected chi connectivity index (χ3v) is 7.77. The monoisotopic (exact) mass is 545 g/mol. The molecule has 0 fully saturated rings. The molecule has 1 N–H and O–H groups in total. The number of rotatable bonds is 11. The van der Waals surface area contributed by atoms with Gasteiger partial charge in [-0.2, -0.15) is 0 Å². The smallest absolute Gasteiger partial charge is 0.264 e. The van der Waals surface area contributed by atoms with Crippen molar-refractivity contribution in [3.63, 3.8) is 0 Å². The van der Waals surface area contributed by atoms with E-state index in [-0.39, 0.29) is 23.0 Å². The number of sulfonamides is 1. The molecule has 3 rings (SSSR count). The van der Waals surface area contributed by atoms with Gasteiger partial charge in [-0.05, 0) is 67.4 Å². The molecule has 196 valence electrons. The van der Waals surface area contributed by atoms with Gasteiger partial charge in [0, 0.05) is 18.1 Å². The zero-order valence-corrected chi connectivity index (χ0v) is 22.2. The Morgan fingerprint density at radius 3 is 2.14 bits per heavy atom. The highest BCUT2D eigenvalue weighted by Gasteiger charge is 2.33. The molecule has 0 saturated heterocycles. The number of para-hydroxylation sites is 1. The fraction of sp³-hybridized carbons (Fsp3) is 0.259. The summed E-state index contributed by atoms with van der Waals surface area (Å²) in [5, 5.41) is 3.28. The Morgan fingerprint density at radius 2 is 1.57 bits per heavy atom. The fourth-order valence-electron chi connectivity index (χ4n) is 3.85. The first-order chi connectivity index (χ1) is 17.7. The number of benzene rings is 3. The molecule has 1 atom stereocenters. The molecule has 0 aliphatic rings. The summed E-state index contributed by atoms with van der Waals surface area (Å²) >= 11 is 6.01. The molecule has 37 heavy (non-hydrogen) atoms. The fourth-order valence-corrected chi connectivity index (χ4v) is 5.39. The van der Waals surface area contributed by atoms with Crippen molar-refractivity contribution >= 4 is 39.1 Å². The predicted molar refractivity (Wildman–Crippen MR) is 142 cm³/mol. The first kappa shape index (κ1) is 28.1. The largest absolute Gasteiger partial charge is 0.355 e. The van der Waals surface area contributed by atoms with Crippen molar-refractivity contribution in [3.05, 3.63) is 95.3 Å². The highest BCUT2D eigenvalue weighted by molar-refractivity contribution is 7.92. The molecule has 3 aromatic carbocycles. The number of halogens is 2. The minimum Gasteiger partial charge on any atom is -0.355 e. The number of hydrogen-bond donors (Lipinski definition) is 1. The van der Waals surface area contributed by atoms with Crippen LogP contribution in [0.5, 0.6) is 0 Å². The van der Waals surface area contributed by atoms with Gasteiger partial charge in [0.15, 0.2) is 0 Å². The summed E-state index contributed by atoms with van der Waals surface area (Å²) in [5.41, 5.74) is 0.992. The van der Waals surface area contributed by atoms with Gasteiger partial charge in [0.05, 0.1) is 10.6 Å². The van der Waals surface area contributed by atoms with E-state index in [4.69, 9.17) is 11.6 Å². The van der Waals surface area contributed by atoms with E-state index in [1.807, 2.05) is 0 Å². The van der Waals surface area contributed by atoms with Crippen LogP contribution in [0.1, 0.15) is 25.8 Å². The number of anilines is 1. The van der Waals surface area contributed by atoms with Crippen molar-refractivity contribution in [2.45, 2.75) is 37.8 Å². The second kappa shape index (κ2) is 12.7. The highest BCUT2D eigenvalue weighted by Crippen LogP contribution is 2.25. The Hall–Kier alpha value is -3.43. The second-order valence-electron chi connectivity index (χ2n) is 8.27. The number of carbonyl (C=O) groups excluding carboxylic acids is 2. The van der Waals surface area contributed by atoms with E-state index in [0.29, 0.717) is 18.0 Å². The summed E-state index contributed by atoms with van der Waals surface area (Å²) in [7, 11) is -4.24. The number of carbonyl (C=O) groups is 2. The van der Waals surface area contributed by atoms with E-state index in [9.17, 15) is 22.4 Å². The number of amides is 2. The summed E-state index contributed by atoms with van der Waals surface area (Å²) in [6.07, 6.45) is 0.321. The molecule has 0 aliphatic heterocycles. The van der Waals surface area contributed by atoms with Gasteiger partial charge in [-0.3, -0.25) is 13.9 Å². The lowest BCUT2D eigenvalue weighted by Crippen LogP contribution is -2.52. The topological polar surface area (TPSA) is 86.8 Å². The second-order valence-corrected chi connectivity index (χ2v) is 10.6. The van der Waals surface area contributed by atoms with Crippen molar-refractivity contribution in [3.8, 4) is 0 Å². The van der Waals surface area contributed by atoms with E-state index >= 15 is 0 Å². The van der Waals surface area contributed by atoms with Crippen LogP contribution >= 0.6 is 11.6 Å². The molecule has 0 aliphatic carbocycles. The first-order valence-corrected chi connectivity index (χ1v) is 13.6. The Labute approximate surface area is 221 Å². The summed E-state index contributed by atoms with van der Waals surface area (Å²) in [6.45, 7) is 3.46. The van der Waals surface area contributed by atoms with Gasteiger partial charge in [-0.1, -0.05) is 48.9 Å². The molecule has 0 radical (unpaired) electrons. The molecular formula is C27H29ClFN3O4S. The Bertz CT molecular complexity index is 1300. The van der Waals surface area contributed by atoms with Gasteiger partial charge < -0.3 is 10.2 Å². The minimum atomic E-state index is -4.24. The van der Waals surface area contributed by atoms with Gasteiger partial charge in [0.1, 0.15) is 18.4 Å². The first-order valence-electron chi connectivity index (χ1n) is 11.8. The van der Waals surface area contributed by atoms with Crippen molar-refractivity contribution in [2.24, 2.45) is 0 Å². The van der Waals surface area contributed by atoms with Crippen molar-refractivity contribution in [1.29, 1.82) is 0 Å². The van der Waals surface area contributed by atoms with Crippen molar-refractivity contribution in [1.82, 2.24) is 10.2 Å². The van der Waals surface area contributed by atoms with Gasteiger partial charge in [-0.15, -0.1) is 0 Å². The molecule has 7 nitrogen and oxygen atoms in total. The van der Waals surface area contributed by atoms with Crippen LogP contribution in [-0.4, -0.2) is 44.3 Å². The molecule has 0 spiro atoms. The van der Waals surface area contributed by atoms with Crippen LogP contribution < -0.4 is 9.62 Å². The van der Waals surface area contributed by atoms with Crippen LogP contribution in [0.15, 0.2) is 83.8 Å². The molecule has 0 heterocycles. The van der Waals surface area contributed by atoms with Gasteiger partial charge >= 0.3 is 0 Å². The maximum absolute atomic E-state index is 13.8. The number of nitrogens with one attached hydrogen (secondary N) is 1. The summed E-state index contributed by atoms with van der Waals surface area (Å²) in [6, 6.07) is 18.6. The third kappa shape index (κ3) is 7.08. The van der Waals surface area contributed by atoms with E-state index < -0.39 is 34.3 Å². The molecule has 0 unspecified atom stereocenters. The summed E-state index contributed by atoms with van der Waals surface area (Å²) in [5.74, 6) is -1.48. The Balaban J connectivity index is 2.02. The average molecular weight is 546 g/mol. The van der Waals surface area contributed by atoms with Crippen molar-refractivity contribution in [2.75, 3.05) is 17.4 Å². The van der Waals surface area contributed by atoms with E-state index in [1.165, 1.54) is 4.90 Å². The van der Waals surface area contributed by atoms with E-state index in [1.54, 1.807) is 68.4 Å². The molecule has 10 heteroatoms. The highest BCUT2D eigenvalue weighted by atomic mass is 35.5. The van der Waals surface area contributed by atoms with Crippen LogP contribution in [0, 0.1) is 5.82 Å². The van der Waals surface area contributed by atoms with Crippen LogP contribution in [0.2, 0.25) is 5.02 Å². The van der Waals surface area contributed by atoms with Gasteiger partial charge in [0.2, 0.25) is 11.8 Å². The van der Waals surface area contributed by atoms with E-state index in [0.717, 1.165) is 34.1 Å². The molecule has 0 saturated carbocycles. The molecule has 0 aromatic heterocycles. The maximum Gasteiger partial charge on any atom is 0.264 e. The maximum atomic E-state index is 13.8. The van der Waals surface area contributed by atoms with Gasteiger partial charge in [0.25, 0.3) is 10.0 Å². The van der Waals surface area contributed by atoms with Gasteiger partial charge in [-0.25, -0.2) is 12.8 Å². The quantitative estimate of drug-likeness (QED) is 0.381. The molecular weight excluding hydrogens is 517 g/mol. The number of likely N-dealkylation sites (N-methyl/N-ethyl adjacent to an activating group) is 1. The standard InChI is InChI=1S/C27H29ClFN3O4S/c1-3-25(27(34)30-4-2)31(18-20-10-12-21(28)13-11-20)26(33)19-32(23-8-6-5-7-9-23)37(35,36)24-16-14-22(29)15-17-24/h5-17,25H,3-4,18-19H2,1-2H3,(H,30,34)/t25-/m1/s1. The molecule has 3 aromatic rings. The summed E-state index contributed by atoms with van der Waals surface area (Å²) in [4.78, 5) is 27.9. The van der Waals surface area contributed by atoms with Crippen LogP contribution in [0.4, 0.5) is 10.1 Å². The Morgan fingerprint density at radius 1 is 0.946 bits per heavy atom. The normalized spacial score (nSPS) is 12.0. The van der Waals surface area contributed by atoms with E-state index in [2.05, 4.69) is 5.32 Å². The van der Waals surface area contributed by atoms with Crippen LogP contribution in [0.25, 0.3) is 0 Å². The summed E-state index contributed by atoms with van der Waals surface area (Å²) < 4.78 is 41.7. The predicted octanol–water partition coefficient (Wildman–Crippen LogP) is 4.62. The zero-order chi connectivity index (χ0) is 27.0. The van der Waals surface area contributed by atoms with Crippen LogP contribution in [-0.2, 0) is 26.2 Å². The lowest BCUT2D eigenvalue weighted by molar-refractivity contribution is -0.140. The van der Waals surface area contributed by atoms with Crippen LogP contribution in [0.3, 0.4) is 0 Å². The van der Waals surface area contributed by atoms with Crippen molar-refractivity contribution < 1.29 is 22.4 Å². The molecule has 0 bridgehead atoms. The number of nitrogens with zero attached hydrogens (tertiary/aromatic N) is 2. The lowest BCUT2D eigenvalue weighted by Gasteiger charge is -2.33. The SMILES string of the molecule is CCNC(=O)[C@@H](CC)N(Cc1ccc(Cl)cc1)C(=O)CN(c1ccccc1)S(=O)(=O)c1ccc(F)cc1. The average Bonchev–Trinajstić information content (AvgIpc) is 2.89. The minimum absolute atomic E-state index is 0.0743. The Kier molecular flexibility index (Phi) is 9.66. The lowest BCUT2D eigenvalue weighted by atomic mass is 10.1.